The lowest BCUT2D eigenvalue weighted by atomic mass is 10.1. The molecule has 0 saturated carbocycles. The van der Waals surface area contributed by atoms with E-state index in [0.717, 1.165) is 55.3 Å². The van der Waals surface area contributed by atoms with Crippen molar-refractivity contribution < 1.29 is 4.79 Å². The van der Waals surface area contributed by atoms with Gasteiger partial charge < -0.3 is 9.80 Å². The molecule has 0 spiro atoms. The number of likely N-dealkylation sites (N-methyl/N-ethyl adjacent to an activating group) is 1. The number of hydrogen-bond acceptors (Lipinski definition) is 5. The SMILES string of the molecule is Cc1cc(C)n2ncc(CN3CCN(C)C[C@@H](C(=O)N(C)C)C3)c2n1. The molecule has 1 aliphatic heterocycles. The first-order chi connectivity index (χ1) is 11.8. The molecular formula is C18H28N6O. The van der Waals surface area contributed by atoms with Crippen LogP contribution in [0.25, 0.3) is 5.65 Å². The Morgan fingerprint density at radius 3 is 2.76 bits per heavy atom. The first kappa shape index (κ1) is 17.8. The quantitative estimate of drug-likeness (QED) is 0.824. The van der Waals surface area contributed by atoms with Gasteiger partial charge in [0, 0.05) is 63.8 Å². The standard InChI is InChI=1S/C18H28N6O/c1-13-8-14(2)24-17(20-13)15(9-19-24)11-23-7-6-22(5)10-16(12-23)18(25)21(3)4/h8-9,16H,6-7,10-12H2,1-5H3/t16-/m1/s1. The number of nitrogens with zero attached hydrogens (tertiary/aromatic N) is 6. The molecule has 3 heterocycles. The van der Waals surface area contributed by atoms with Crippen LogP contribution in [-0.2, 0) is 11.3 Å². The summed E-state index contributed by atoms with van der Waals surface area (Å²) in [6, 6.07) is 2.04. The van der Waals surface area contributed by atoms with Crippen molar-refractivity contribution in [2.24, 2.45) is 5.92 Å². The van der Waals surface area contributed by atoms with Gasteiger partial charge in [0.15, 0.2) is 5.65 Å². The zero-order chi connectivity index (χ0) is 18.1. The van der Waals surface area contributed by atoms with Crippen LogP contribution in [0.3, 0.4) is 0 Å². The first-order valence-corrected chi connectivity index (χ1v) is 8.78. The van der Waals surface area contributed by atoms with Gasteiger partial charge in [-0.15, -0.1) is 0 Å². The van der Waals surface area contributed by atoms with E-state index in [9.17, 15) is 4.79 Å². The van der Waals surface area contributed by atoms with E-state index in [1.54, 1.807) is 4.90 Å². The summed E-state index contributed by atoms with van der Waals surface area (Å²) in [5.74, 6) is 0.198. The van der Waals surface area contributed by atoms with Crippen LogP contribution in [0.1, 0.15) is 17.0 Å². The van der Waals surface area contributed by atoms with E-state index in [0.29, 0.717) is 0 Å². The largest absolute Gasteiger partial charge is 0.348 e. The number of hydrogen-bond donors (Lipinski definition) is 0. The molecule has 1 amide bonds. The van der Waals surface area contributed by atoms with Gasteiger partial charge >= 0.3 is 0 Å². The van der Waals surface area contributed by atoms with Gasteiger partial charge in [0.1, 0.15) is 0 Å². The van der Waals surface area contributed by atoms with Gasteiger partial charge in [-0.1, -0.05) is 0 Å². The molecule has 0 N–H and O–H groups in total. The minimum absolute atomic E-state index is 0.000713. The fraction of sp³-hybridized carbons (Fsp3) is 0.611. The monoisotopic (exact) mass is 344 g/mol. The number of rotatable bonds is 3. The van der Waals surface area contributed by atoms with E-state index in [4.69, 9.17) is 0 Å². The predicted molar refractivity (Wildman–Crippen MR) is 97.4 cm³/mol. The molecule has 136 valence electrons. The Balaban J connectivity index is 1.83. The van der Waals surface area contributed by atoms with Crippen molar-refractivity contribution in [3.63, 3.8) is 0 Å². The second-order valence-electron chi connectivity index (χ2n) is 7.37. The van der Waals surface area contributed by atoms with Crippen molar-refractivity contribution in [2.75, 3.05) is 47.3 Å². The summed E-state index contributed by atoms with van der Waals surface area (Å²) in [6.07, 6.45) is 1.91. The summed E-state index contributed by atoms with van der Waals surface area (Å²) in [6.45, 7) is 8.30. The van der Waals surface area contributed by atoms with Crippen molar-refractivity contribution in [1.29, 1.82) is 0 Å². The molecule has 0 aromatic carbocycles. The number of aromatic nitrogens is 3. The van der Waals surface area contributed by atoms with Crippen LogP contribution in [-0.4, -0.2) is 82.5 Å². The second kappa shape index (κ2) is 7.09. The Morgan fingerprint density at radius 2 is 2.04 bits per heavy atom. The average molecular weight is 344 g/mol. The first-order valence-electron chi connectivity index (χ1n) is 8.78. The fourth-order valence-corrected chi connectivity index (χ4v) is 3.57. The zero-order valence-corrected chi connectivity index (χ0v) is 15.9. The van der Waals surface area contributed by atoms with E-state index >= 15 is 0 Å². The lowest BCUT2D eigenvalue weighted by molar-refractivity contribution is -0.133. The van der Waals surface area contributed by atoms with Gasteiger partial charge in [-0.3, -0.25) is 9.69 Å². The highest BCUT2D eigenvalue weighted by atomic mass is 16.2. The van der Waals surface area contributed by atoms with Crippen LogP contribution >= 0.6 is 0 Å². The topological polar surface area (TPSA) is 57.0 Å². The van der Waals surface area contributed by atoms with Crippen LogP contribution in [0.2, 0.25) is 0 Å². The van der Waals surface area contributed by atoms with Crippen LogP contribution in [0, 0.1) is 19.8 Å². The summed E-state index contributed by atoms with van der Waals surface area (Å²) in [4.78, 5) is 23.5. The van der Waals surface area contributed by atoms with E-state index in [1.807, 2.05) is 44.7 Å². The minimum atomic E-state index is 0.000713. The molecule has 2 aromatic heterocycles. The van der Waals surface area contributed by atoms with Gasteiger partial charge in [-0.2, -0.15) is 5.10 Å². The van der Waals surface area contributed by atoms with Crippen LogP contribution < -0.4 is 0 Å². The van der Waals surface area contributed by atoms with Crippen LogP contribution in [0.4, 0.5) is 0 Å². The molecular weight excluding hydrogens is 316 g/mol. The van der Waals surface area contributed by atoms with Crippen molar-refractivity contribution in [3.8, 4) is 0 Å². The van der Waals surface area contributed by atoms with E-state index in [2.05, 4.69) is 26.9 Å². The molecule has 1 aliphatic rings. The van der Waals surface area contributed by atoms with E-state index < -0.39 is 0 Å². The van der Waals surface area contributed by atoms with E-state index in [-0.39, 0.29) is 11.8 Å². The Hall–Kier alpha value is -1.99. The Bertz CT molecular complexity index is 768. The molecule has 25 heavy (non-hydrogen) atoms. The third kappa shape index (κ3) is 3.82. The van der Waals surface area contributed by atoms with Crippen molar-refractivity contribution >= 4 is 11.6 Å². The van der Waals surface area contributed by atoms with Crippen molar-refractivity contribution in [1.82, 2.24) is 29.3 Å². The van der Waals surface area contributed by atoms with E-state index in [1.165, 1.54) is 0 Å². The number of carbonyl (C=O) groups excluding carboxylic acids is 1. The molecule has 2 aromatic rings. The highest BCUT2D eigenvalue weighted by Crippen LogP contribution is 2.17. The Labute approximate surface area is 149 Å². The number of aryl methyl sites for hydroxylation is 2. The summed E-state index contributed by atoms with van der Waals surface area (Å²) >= 11 is 0. The van der Waals surface area contributed by atoms with Gasteiger partial charge in [-0.05, 0) is 27.0 Å². The third-order valence-corrected chi connectivity index (χ3v) is 4.84. The molecule has 0 radical (unpaired) electrons. The number of amides is 1. The second-order valence-corrected chi connectivity index (χ2v) is 7.37. The smallest absolute Gasteiger partial charge is 0.227 e. The average Bonchev–Trinajstić information content (AvgIpc) is 2.84. The molecule has 7 nitrogen and oxygen atoms in total. The molecule has 7 heteroatoms. The lowest BCUT2D eigenvalue weighted by Gasteiger charge is -2.25. The molecule has 1 saturated heterocycles. The highest BCUT2D eigenvalue weighted by molar-refractivity contribution is 5.78. The summed E-state index contributed by atoms with van der Waals surface area (Å²) < 4.78 is 1.90. The van der Waals surface area contributed by atoms with Crippen molar-refractivity contribution in [3.05, 3.63) is 29.2 Å². The van der Waals surface area contributed by atoms with Gasteiger partial charge in [0.05, 0.1) is 12.1 Å². The predicted octanol–water partition coefficient (Wildman–Crippen LogP) is 0.798. The van der Waals surface area contributed by atoms with Gasteiger partial charge in [-0.25, -0.2) is 9.50 Å². The summed E-state index contributed by atoms with van der Waals surface area (Å²) in [5.41, 5.74) is 4.13. The van der Waals surface area contributed by atoms with Crippen LogP contribution in [0.15, 0.2) is 12.3 Å². The number of fused-ring (bicyclic) bond motifs is 1. The van der Waals surface area contributed by atoms with Crippen molar-refractivity contribution in [2.45, 2.75) is 20.4 Å². The Kier molecular flexibility index (Phi) is 5.06. The maximum absolute atomic E-state index is 12.5. The summed E-state index contributed by atoms with van der Waals surface area (Å²) in [5, 5.41) is 4.49. The zero-order valence-electron chi connectivity index (χ0n) is 15.9. The number of carbonyl (C=O) groups is 1. The van der Waals surface area contributed by atoms with Gasteiger partial charge in [0.25, 0.3) is 0 Å². The molecule has 1 fully saturated rings. The lowest BCUT2D eigenvalue weighted by Crippen LogP contribution is -2.40. The molecule has 0 bridgehead atoms. The molecule has 1 atom stereocenters. The maximum Gasteiger partial charge on any atom is 0.227 e. The molecule has 0 unspecified atom stereocenters. The maximum atomic E-state index is 12.5. The third-order valence-electron chi connectivity index (χ3n) is 4.84. The fourth-order valence-electron chi connectivity index (χ4n) is 3.57. The molecule has 0 aliphatic carbocycles. The summed E-state index contributed by atoms with van der Waals surface area (Å²) in [7, 11) is 5.75. The Morgan fingerprint density at radius 1 is 1.28 bits per heavy atom. The van der Waals surface area contributed by atoms with Crippen LogP contribution in [0.5, 0.6) is 0 Å². The minimum Gasteiger partial charge on any atom is -0.348 e. The van der Waals surface area contributed by atoms with Gasteiger partial charge in [0.2, 0.25) is 5.91 Å². The normalized spacial score (nSPS) is 20.0. The molecule has 3 rings (SSSR count). The highest BCUT2D eigenvalue weighted by Gasteiger charge is 2.28.